The number of rotatable bonds is 9. The number of nitrogens with one attached hydrogen (secondary N) is 2. The lowest BCUT2D eigenvalue weighted by Crippen LogP contribution is -2.45. The van der Waals surface area contributed by atoms with Gasteiger partial charge in [0, 0.05) is 11.3 Å². The summed E-state index contributed by atoms with van der Waals surface area (Å²) in [6.07, 6.45) is 0. The summed E-state index contributed by atoms with van der Waals surface area (Å²) in [6.45, 7) is 5.35. The molecule has 7 nitrogen and oxygen atoms in total. The lowest BCUT2D eigenvalue weighted by molar-refractivity contribution is -0.150. The van der Waals surface area contributed by atoms with Crippen molar-refractivity contribution in [3.05, 3.63) is 59.9 Å². The molecule has 0 saturated carbocycles. The number of anilines is 1. The first kappa shape index (κ1) is 22.9. The topological polar surface area (TPSA) is 93.7 Å². The van der Waals surface area contributed by atoms with E-state index >= 15 is 0 Å². The van der Waals surface area contributed by atoms with Gasteiger partial charge in [-0.15, -0.1) is 0 Å². The molecule has 0 heterocycles. The molecule has 0 aliphatic carbocycles. The molecule has 0 aliphatic rings. The maximum atomic E-state index is 12.9. The molecule has 0 spiro atoms. The van der Waals surface area contributed by atoms with Crippen molar-refractivity contribution in [2.75, 3.05) is 18.5 Å². The van der Waals surface area contributed by atoms with E-state index in [1.165, 1.54) is 24.3 Å². The van der Waals surface area contributed by atoms with E-state index in [-0.39, 0.29) is 5.92 Å². The highest BCUT2D eigenvalue weighted by atomic mass is 19.1. The minimum absolute atomic E-state index is 0.260. The molecule has 0 fully saturated rings. The third-order valence-electron chi connectivity index (χ3n) is 4.11. The maximum absolute atomic E-state index is 12.9. The van der Waals surface area contributed by atoms with Crippen molar-refractivity contribution in [1.29, 1.82) is 0 Å². The summed E-state index contributed by atoms with van der Waals surface area (Å²) >= 11 is 0. The van der Waals surface area contributed by atoms with Crippen LogP contribution in [0.3, 0.4) is 0 Å². The largest absolute Gasteiger partial charge is 0.494 e. The number of esters is 1. The zero-order valence-corrected chi connectivity index (χ0v) is 17.1. The van der Waals surface area contributed by atoms with Gasteiger partial charge in [-0.1, -0.05) is 13.8 Å². The van der Waals surface area contributed by atoms with Gasteiger partial charge in [0.15, 0.2) is 6.61 Å². The van der Waals surface area contributed by atoms with Crippen LogP contribution in [0, 0.1) is 11.7 Å². The fourth-order valence-electron chi connectivity index (χ4n) is 2.55. The van der Waals surface area contributed by atoms with Gasteiger partial charge in [0.1, 0.15) is 17.6 Å². The molecular weight excluding hydrogens is 391 g/mol. The number of amides is 2. The average Bonchev–Trinajstić information content (AvgIpc) is 2.72. The number of carbonyl (C=O) groups excluding carboxylic acids is 3. The van der Waals surface area contributed by atoms with Crippen molar-refractivity contribution in [2.45, 2.75) is 26.8 Å². The first-order valence-electron chi connectivity index (χ1n) is 9.56. The van der Waals surface area contributed by atoms with Gasteiger partial charge >= 0.3 is 5.97 Å². The van der Waals surface area contributed by atoms with E-state index in [9.17, 15) is 18.8 Å². The van der Waals surface area contributed by atoms with Crippen LogP contribution in [0.5, 0.6) is 5.75 Å². The Balaban J connectivity index is 1.91. The smallest absolute Gasteiger partial charge is 0.329 e. The molecule has 2 amide bonds. The Hall–Kier alpha value is -3.42. The third-order valence-corrected chi connectivity index (χ3v) is 4.11. The van der Waals surface area contributed by atoms with E-state index in [0.29, 0.717) is 23.6 Å². The second kappa shape index (κ2) is 10.9. The van der Waals surface area contributed by atoms with E-state index < -0.39 is 36.2 Å². The van der Waals surface area contributed by atoms with Crippen molar-refractivity contribution >= 4 is 23.5 Å². The molecular formula is C22H25FN2O5. The normalized spacial score (nSPS) is 11.5. The zero-order valence-electron chi connectivity index (χ0n) is 17.1. The number of hydrogen-bond acceptors (Lipinski definition) is 5. The van der Waals surface area contributed by atoms with Gasteiger partial charge < -0.3 is 20.1 Å². The molecule has 160 valence electrons. The highest BCUT2D eigenvalue weighted by Gasteiger charge is 2.26. The lowest BCUT2D eigenvalue weighted by atomic mass is 10.0. The van der Waals surface area contributed by atoms with Crippen molar-refractivity contribution in [2.24, 2.45) is 5.92 Å². The molecule has 0 unspecified atom stereocenters. The van der Waals surface area contributed by atoms with Crippen molar-refractivity contribution < 1.29 is 28.2 Å². The monoisotopic (exact) mass is 416 g/mol. The van der Waals surface area contributed by atoms with Crippen LogP contribution in [-0.2, 0) is 14.3 Å². The van der Waals surface area contributed by atoms with E-state index in [1.807, 2.05) is 6.92 Å². The van der Waals surface area contributed by atoms with Crippen LogP contribution in [0.2, 0.25) is 0 Å². The zero-order chi connectivity index (χ0) is 22.1. The molecule has 0 aliphatic heterocycles. The molecule has 0 saturated heterocycles. The number of halogens is 1. The van der Waals surface area contributed by atoms with Crippen LogP contribution >= 0.6 is 0 Å². The lowest BCUT2D eigenvalue weighted by Gasteiger charge is -2.21. The molecule has 8 heteroatoms. The maximum Gasteiger partial charge on any atom is 0.329 e. The van der Waals surface area contributed by atoms with Crippen molar-refractivity contribution in [3.63, 3.8) is 0 Å². The van der Waals surface area contributed by atoms with Crippen LogP contribution in [0.4, 0.5) is 10.1 Å². The molecule has 2 rings (SSSR count). The molecule has 0 radical (unpaired) electrons. The summed E-state index contributed by atoms with van der Waals surface area (Å²) in [5.41, 5.74) is 0.743. The molecule has 30 heavy (non-hydrogen) atoms. The SMILES string of the molecule is CCOc1ccc(C(=O)N[C@H](C(=O)OCC(=O)Nc2ccc(F)cc2)C(C)C)cc1. The van der Waals surface area contributed by atoms with Gasteiger partial charge in [-0.3, -0.25) is 9.59 Å². The Labute approximate surface area is 174 Å². The Bertz CT molecular complexity index is 866. The van der Waals surface area contributed by atoms with Crippen molar-refractivity contribution in [1.82, 2.24) is 5.32 Å². The van der Waals surface area contributed by atoms with Crippen LogP contribution in [0.25, 0.3) is 0 Å². The Morgan fingerprint density at radius 1 is 1.00 bits per heavy atom. The minimum Gasteiger partial charge on any atom is -0.494 e. The standard InChI is InChI=1S/C22H25FN2O5/c1-4-29-18-11-5-15(6-12-18)21(27)25-20(14(2)3)22(28)30-13-19(26)24-17-9-7-16(23)8-10-17/h5-12,14,20H,4,13H2,1-3H3,(H,24,26)(H,25,27)/t20-/m0/s1. The Morgan fingerprint density at radius 2 is 1.63 bits per heavy atom. The molecule has 0 bridgehead atoms. The second-order valence-corrected chi connectivity index (χ2v) is 6.82. The second-order valence-electron chi connectivity index (χ2n) is 6.82. The van der Waals surface area contributed by atoms with Gasteiger partial charge in [-0.25, -0.2) is 9.18 Å². The third kappa shape index (κ3) is 6.88. The summed E-state index contributed by atoms with van der Waals surface area (Å²) < 4.78 is 23.3. The van der Waals surface area contributed by atoms with Crippen LogP contribution in [0.15, 0.2) is 48.5 Å². The number of ether oxygens (including phenoxy) is 2. The van der Waals surface area contributed by atoms with Gasteiger partial charge in [0.2, 0.25) is 0 Å². The van der Waals surface area contributed by atoms with E-state index in [0.717, 1.165) is 0 Å². The van der Waals surface area contributed by atoms with Gasteiger partial charge in [-0.05, 0) is 61.4 Å². The number of benzene rings is 2. The molecule has 2 N–H and O–H groups in total. The van der Waals surface area contributed by atoms with Gasteiger partial charge in [0.25, 0.3) is 11.8 Å². The highest BCUT2D eigenvalue weighted by molar-refractivity contribution is 5.97. The van der Waals surface area contributed by atoms with E-state index in [4.69, 9.17) is 9.47 Å². The predicted molar refractivity (Wildman–Crippen MR) is 110 cm³/mol. The highest BCUT2D eigenvalue weighted by Crippen LogP contribution is 2.13. The summed E-state index contributed by atoms with van der Waals surface area (Å²) in [6, 6.07) is 10.8. The Kier molecular flexibility index (Phi) is 8.34. The molecule has 0 aromatic heterocycles. The number of carbonyl (C=O) groups is 3. The minimum atomic E-state index is -0.928. The summed E-state index contributed by atoms with van der Waals surface area (Å²) in [5.74, 6) is -1.79. The molecule has 2 aromatic rings. The molecule has 2 aromatic carbocycles. The number of hydrogen-bond donors (Lipinski definition) is 2. The van der Waals surface area contributed by atoms with Crippen LogP contribution in [0.1, 0.15) is 31.1 Å². The summed E-state index contributed by atoms with van der Waals surface area (Å²) in [7, 11) is 0. The summed E-state index contributed by atoms with van der Waals surface area (Å²) in [4.78, 5) is 36.8. The first-order valence-corrected chi connectivity index (χ1v) is 9.56. The van der Waals surface area contributed by atoms with Gasteiger partial charge in [0.05, 0.1) is 6.61 Å². The van der Waals surface area contributed by atoms with E-state index in [2.05, 4.69) is 10.6 Å². The summed E-state index contributed by atoms with van der Waals surface area (Å²) in [5, 5.41) is 5.13. The molecule has 1 atom stereocenters. The van der Waals surface area contributed by atoms with Crippen LogP contribution in [-0.4, -0.2) is 37.0 Å². The predicted octanol–water partition coefficient (Wildman–Crippen LogP) is 3.16. The van der Waals surface area contributed by atoms with Gasteiger partial charge in [-0.2, -0.15) is 0 Å². The first-order chi connectivity index (χ1) is 14.3. The fraction of sp³-hybridized carbons (Fsp3) is 0.318. The Morgan fingerprint density at radius 3 is 2.20 bits per heavy atom. The van der Waals surface area contributed by atoms with Crippen LogP contribution < -0.4 is 15.4 Å². The van der Waals surface area contributed by atoms with E-state index in [1.54, 1.807) is 38.1 Å². The quantitative estimate of drug-likeness (QED) is 0.613. The van der Waals surface area contributed by atoms with Crippen molar-refractivity contribution in [3.8, 4) is 5.75 Å². The average molecular weight is 416 g/mol. The fourth-order valence-corrected chi connectivity index (χ4v) is 2.55.